The van der Waals surface area contributed by atoms with E-state index in [0.717, 1.165) is 24.0 Å². The summed E-state index contributed by atoms with van der Waals surface area (Å²) in [5.41, 5.74) is 7.88. The number of nitrogens with zero attached hydrogens (tertiary/aromatic N) is 1. The maximum Gasteiger partial charge on any atom is 0.121 e. The molecule has 0 heterocycles. The molecule has 17 heavy (non-hydrogen) atoms. The maximum absolute atomic E-state index is 5.87. The molecule has 1 fully saturated rings. The van der Waals surface area contributed by atoms with Gasteiger partial charge in [0, 0.05) is 24.3 Å². The number of anilines is 1. The normalized spacial score (nSPS) is 16.6. The van der Waals surface area contributed by atoms with Crippen molar-refractivity contribution in [2.75, 3.05) is 19.9 Å². The Morgan fingerprint density at radius 2 is 2.00 bits per heavy atom. The Kier molecular flexibility index (Phi) is 3.89. The highest BCUT2D eigenvalue weighted by atomic mass is 16.5. The fraction of sp³-hybridized carbons (Fsp3) is 0.571. The van der Waals surface area contributed by atoms with E-state index in [9.17, 15) is 0 Å². The first-order valence-electron chi connectivity index (χ1n) is 6.32. The molecule has 94 valence electrons. The average molecular weight is 234 g/mol. The Labute approximate surface area is 104 Å². The van der Waals surface area contributed by atoms with Crippen LogP contribution in [0.15, 0.2) is 18.2 Å². The Balaban J connectivity index is 2.04. The minimum atomic E-state index is 0.738. The van der Waals surface area contributed by atoms with Crippen molar-refractivity contribution >= 4 is 5.69 Å². The van der Waals surface area contributed by atoms with Crippen LogP contribution in [0.1, 0.15) is 31.2 Å². The van der Waals surface area contributed by atoms with E-state index < -0.39 is 0 Å². The van der Waals surface area contributed by atoms with Gasteiger partial charge in [0.05, 0.1) is 7.11 Å². The molecule has 3 heteroatoms. The highest BCUT2D eigenvalue weighted by Gasteiger charge is 2.19. The van der Waals surface area contributed by atoms with Crippen LogP contribution in [0.4, 0.5) is 5.69 Å². The van der Waals surface area contributed by atoms with Gasteiger partial charge < -0.3 is 10.5 Å². The summed E-state index contributed by atoms with van der Waals surface area (Å²) in [6, 6.07) is 6.71. The molecule has 0 aliphatic heterocycles. The highest BCUT2D eigenvalue weighted by Crippen LogP contribution is 2.25. The third-order valence-corrected chi connectivity index (χ3v) is 3.60. The molecule has 0 bridgehead atoms. The SMILES string of the molecule is COc1cc(N)cc(CN(C)C2CCCC2)c1. The zero-order chi connectivity index (χ0) is 12.3. The van der Waals surface area contributed by atoms with Gasteiger partial charge in [0.15, 0.2) is 0 Å². The Bertz CT molecular complexity index is 372. The second-order valence-electron chi connectivity index (χ2n) is 4.97. The lowest BCUT2D eigenvalue weighted by Gasteiger charge is -2.24. The van der Waals surface area contributed by atoms with E-state index in [-0.39, 0.29) is 0 Å². The first-order chi connectivity index (χ1) is 8.19. The first kappa shape index (κ1) is 12.2. The second kappa shape index (κ2) is 5.41. The molecule has 0 saturated heterocycles. The standard InChI is InChI=1S/C14H22N2O/c1-16(13-5-3-4-6-13)10-11-7-12(15)9-14(8-11)17-2/h7-9,13H,3-6,10,15H2,1-2H3. The lowest BCUT2D eigenvalue weighted by molar-refractivity contribution is 0.237. The summed E-state index contributed by atoms with van der Waals surface area (Å²) < 4.78 is 5.24. The predicted molar refractivity (Wildman–Crippen MR) is 71.1 cm³/mol. The molecule has 1 aromatic carbocycles. The van der Waals surface area contributed by atoms with Gasteiger partial charge in [-0.15, -0.1) is 0 Å². The van der Waals surface area contributed by atoms with Gasteiger partial charge in [0.25, 0.3) is 0 Å². The number of methoxy groups -OCH3 is 1. The van der Waals surface area contributed by atoms with Gasteiger partial charge in [-0.1, -0.05) is 12.8 Å². The molecular weight excluding hydrogens is 212 g/mol. The van der Waals surface area contributed by atoms with Crippen LogP contribution in [0.25, 0.3) is 0 Å². The predicted octanol–water partition coefficient (Wildman–Crippen LogP) is 2.65. The van der Waals surface area contributed by atoms with Crippen molar-refractivity contribution in [2.24, 2.45) is 0 Å². The summed E-state index contributed by atoms with van der Waals surface area (Å²) in [4.78, 5) is 2.43. The topological polar surface area (TPSA) is 38.5 Å². The van der Waals surface area contributed by atoms with Crippen molar-refractivity contribution in [3.63, 3.8) is 0 Å². The van der Waals surface area contributed by atoms with E-state index in [1.807, 2.05) is 12.1 Å². The lowest BCUT2D eigenvalue weighted by atomic mass is 10.1. The van der Waals surface area contributed by atoms with Crippen molar-refractivity contribution < 1.29 is 4.74 Å². The quantitative estimate of drug-likeness (QED) is 0.814. The van der Waals surface area contributed by atoms with E-state index in [1.165, 1.54) is 31.2 Å². The largest absolute Gasteiger partial charge is 0.497 e. The van der Waals surface area contributed by atoms with Gasteiger partial charge in [-0.3, -0.25) is 4.90 Å². The second-order valence-corrected chi connectivity index (χ2v) is 4.97. The van der Waals surface area contributed by atoms with E-state index in [0.29, 0.717) is 0 Å². The summed E-state index contributed by atoms with van der Waals surface area (Å²) in [6.45, 7) is 0.950. The minimum Gasteiger partial charge on any atom is -0.497 e. The van der Waals surface area contributed by atoms with Crippen LogP contribution in [0.3, 0.4) is 0 Å². The van der Waals surface area contributed by atoms with Crippen LogP contribution in [-0.4, -0.2) is 25.1 Å². The summed E-state index contributed by atoms with van der Waals surface area (Å²) in [5.74, 6) is 0.847. The van der Waals surface area contributed by atoms with Crippen LogP contribution >= 0.6 is 0 Å². The Morgan fingerprint density at radius 1 is 1.29 bits per heavy atom. The van der Waals surface area contributed by atoms with Gasteiger partial charge in [-0.05, 0) is 37.6 Å². The van der Waals surface area contributed by atoms with Crippen LogP contribution in [-0.2, 0) is 6.54 Å². The third kappa shape index (κ3) is 3.13. The van der Waals surface area contributed by atoms with Crippen molar-refractivity contribution in [1.82, 2.24) is 4.90 Å². The molecule has 0 atom stereocenters. The molecule has 0 spiro atoms. The molecule has 1 aliphatic rings. The van der Waals surface area contributed by atoms with Crippen molar-refractivity contribution in [3.8, 4) is 5.75 Å². The number of benzene rings is 1. The molecule has 2 N–H and O–H groups in total. The first-order valence-corrected chi connectivity index (χ1v) is 6.32. The molecule has 0 aromatic heterocycles. The number of ether oxygens (including phenoxy) is 1. The minimum absolute atomic E-state index is 0.738. The van der Waals surface area contributed by atoms with Gasteiger partial charge in [-0.25, -0.2) is 0 Å². The average Bonchev–Trinajstić information content (AvgIpc) is 2.81. The summed E-state index contributed by atoms with van der Waals surface area (Å²) in [7, 11) is 3.88. The zero-order valence-electron chi connectivity index (χ0n) is 10.8. The van der Waals surface area contributed by atoms with Gasteiger partial charge in [0.2, 0.25) is 0 Å². The molecule has 0 unspecified atom stereocenters. The summed E-state index contributed by atoms with van der Waals surface area (Å²) in [5, 5.41) is 0. The monoisotopic (exact) mass is 234 g/mol. The molecule has 0 radical (unpaired) electrons. The molecule has 3 nitrogen and oxygen atoms in total. The van der Waals surface area contributed by atoms with Gasteiger partial charge in [-0.2, -0.15) is 0 Å². The fourth-order valence-corrected chi connectivity index (χ4v) is 2.66. The molecule has 1 aliphatic carbocycles. The van der Waals surface area contributed by atoms with Crippen LogP contribution in [0.5, 0.6) is 5.75 Å². The maximum atomic E-state index is 5.87. The van der Waals surface area contributed by atoms with E-state index in [2.05, 4.69) is 18.0 Å². The van der Waals surface area contributed by atoms with Crippen molar-refractivity contribution in [2.45, 2.75) is 38.3 Å². The van der Waals surface area contributed by atoms with E-state index in [1.54, 1.807) is 7.11 Å². The molecule has 0 amide bonds. The van der Waals surface area contributed by atoms with Crippen molar-refractivity contribution in [3.05, 3.63) is 23.8 Å². The smallest absolute Gasteiger partial charge is 0.121 e. The number of nitrogens with two attached hydrogens (primary N) is 1. The number of hydrogen-bond donors (Lipinski definition) is 1. The van der Waals surface area contributed by atoms with E-state index in [4.69, 9.17) is 10.5 Å². The molecule has 1 aromatic rings. The van der Waals surface area contributed by atoms with Gasteiger partial charge >= 0.3 is 0 Å². The Morgan fingerprint density at radius 3 is 2.65 bits per heavy atom. The number of nitrogen functional groups attached to an aromatic ring is 1. The van der Waals surface area contributed by atoms with Gasteiger partial charge in [0.1, 0.15) is 5.75 Å². The molecule has 2 rings (SSSR count). The third-order valence-electron chi connectivity index (χ3n) is 3.60. The van der Waals surface area contributed by atoms with Crippen LogP contribution in [0.2, 0.25) is 0 Å². The van der Waals surface area contributed by atoms with E-state index >= 15 is 0 Å². The number of rotatable bonds is 4. The summed E-state index contributed by atoms with van der Waals surface area (Å²) >= 11 is 0. The molecular formula is C14H22N2O. The zero-order valence-corrected chi connectivity index (χ0v) is 10.8. The summed E-state index contributed by atoms with van der Waals surface area (Å²) in [6.07, 6.45) is 5.40. The highest BCUT2D eigenvalue weighted by molar-refractivity contribution is 5.47. The van der Waals surface area contributed by atoms with Crippen LogP contribution in [0, 0.1) is 0 Å². The van der Waals surface area contributed by atoms with Crippen LogP contribution < -0.4 is 10.5 Å². The lowest BCUT2D eigenvalue weighted by Crippen LogP contribution is -2.28. The molecule has 1 saturated carbocycles. The Hall–Kier alpha value is -1.22. The number of hydrogen-bond acceptors (Lipinski definition) is 3. The van der Waals surface area contributed by atoms with Crippen molar-refractivity contribution in [1.29, 1.82) is 0 Å². The fourth-order valence-electron chi connectivity index (χ4n) is 2.66.